The van der Waals surface area contributed by atoms with E-state index >= 15 is 0 Å². The Hall–Kier alpha value is -0.550. The molecule has 0 bridgehead atoms. The van der Waals surface area contributed by atoms with Crippen LogP contribution in [0.3, 0.4) is 0 Å². The smallest absolute Gasteiger partial charge is 0.191 e. The van der Waals surface area contributed by atoms with E-state index in [1.165, 1.54) is 0 Å². The van der Waals surface area contributed by atoms with Crippen LogP contribution in [-0.2, 0) is 5.92 Å². The SMILES string of the molecule is FC(F)(F)C(F)(F)Sc1cc(Cl)c(C(F)(F)C(F)(F)F)cc1Cl. The summed E-state index contributed by atoms with van der Waals surface area (Å²) in [7, 11) is 0. The van der Waals surface area contributed by atoms with Crippen LogP contribution in [0.1, 0.15) is 5.56 Å². The quantitative estimate of drug-likeness (QED) is 0.383. The van der Waals surface area contributed by atoms with E-state index in [0.29, 0.717) is 0 Å². The van der Waals surface area contributed by atoms with Crippen molar-refractivity contribution in [2.24, 2.45) is 0 Å². The van der Waals surface area contributed by atoms with Gasteiger partial charge in [-0.25, -0.2) is 0 Å². The van der Waals surface area contributed by atoms with Crippen LogP contribution in [-0.4, -0.2) is 17.6 Å². The van der Waals surface area contributed by atoms with Gasteiger partial charge < -0.3 is 0 Å². The fourth-order valence-corrected chi connectivity index (χ4v) is 2.55. The molecule has 0 nitrogen and oxygen atoms in total. The molecule has 23 heavy (non-hydrogen) atoms. The summed E-state index contributed by atoms with van der Waals surface area (Å²) in [6.07, 6.45) is -12.1. The molecular formula is C10H2Cl2F10S. The Balaban J connectivity index is 3.33. The van der Waals surface area contributed by atoms with Crippen molar-refractivity contribution in [3.05, 3.63) is 27.7 Å². The van der Waals surface area contributed by atoms with Gasteiger partial charge in [0, 0.05) is 4.90 Å². The number of hydrogen-bond acceptors (Lipinski definition) is 1. The summed E-state index contributed by atoms with van der Waals surface area (Å²) in [4.78, 5) is -1.11. The largest absolute Gasteiger partial charge is 0.464 e. The first-order valence-electron chi connectivity index (χ1n) is 5.08. The first-order chi connectivity index (χ1) is 10.0. The number of rotatable bonds is 3. The van der Waals surface area contributed by atoms with Gasteiger partial charge >= 0.3 is 23.5 Å². The van der Waals surface area contributed by atoms with E-state index < -0.39 is 55.8 Å². The summed E-state index contributed by atoms with van der Waals surface area (Å²) in [6, 6.07) is -0.0185. The van der Waals surface area contributed by atoms with Gasteiger partial charge in [0.1, 0.15) is 0 Å². The molecule has 0 N–H and O–H groups in total. The van der Waals surface area contributed by atoms with Gasteiger partial charge in [-0.2, -0.15) is 43.9 Å². The second-order valence-electron chi connectivity index (χ2n) is 3.95. The van der Waals surface area contributed by atoms with Crippen LogP contribution in [0.5, 0.6) is 0 Å². The van der Waals surface area contributed by atoms with E-state index in [2.05, 4.69) is 0 Å². The van der Waals surface area contributed by atoms with Gasteiger partial charge in [0.2, 0.25) is 0 Å². The average molecular weight is 415 g/mol. The highest BCUT2D eigenvalue weighted by molar-refractivity contribution is 8.00. The first-order valence-corrected chi connectivity index (χ1v) is 6.65. The Morgan fingerprint density at radius 2 is 1.17 bits per heavy atom. The van der Waals surface area contributed by atoms with Crippen molar-refractivity contribution < 1.29 is 43.9 Å². The number of thioether (sulfide) groups is 1. The topological polar surface area (TPSA) is 0 Å². The molecule has 0 heterocycles. The minimum atomic E-state index is -6.06. The lowest BCUT2D eigenvalue weighted by atomic mass is 10.1. The molecule has 1 aromatic carbocycles. The Labute approximate surface area is 135 Å². The third-order valence-corrected chi connectivity index (χ3v) is 4.07. The van der Waals surface area contributed by atoms with Crippen molar-refractivity contribution >= 4 is 35.0 Å². The average Bonchev–Trinajstić information content (AvgIpc) is 2.29. The summed E-state index contributed by atoms with van der Waals surface area (Å²) in [5.74, 6) is -5.47. The fraction of sp³-hybridized carbons (Fsp3) is 0.400. The van der Waals surface area contributed by atoms with E-state index in [4.69, 9.17) is 23.2 Å². The van der Waals surface area contributed by atoms with Crippen molar-refractivity contribution in [1.82, 2.24) is 0 Å². The zero-order chi connectivity index (χ0) is 18.4. The molecule has 132 valence electrons. The molecule has 0 spiro atoms. The van der Waals surface area contributed by atoms with Gasteiger partial charge in [0.15, 0.2) is 0 Å². The van der Waals surface area contributed by atoms with Gasteiger partial charge in [-0.05, 0) is 23.9 Å². The third-order valence-electron chi connectivity index (χ3n) is 2.28. The number of hydrogen-bond donors (Lipinski definition) is 0. The number of benzene rings is 1. The van der Waals surface area contributed by atoms with Crippen LogP contribution in [0.25, 0.3) is 0 Å². The summed E-state index contributed by atoms with van der Waals surface area (Å²) < 4.78 is 125. The summed E-state index contributed by atoms with van der Waals surface area (Å²) in [6.45, 7) is 0. The highest BCUT2D eigenvalue weighted by Crippen LogP contribution is 2.52. The maximum atomic E-state index is 13.2. The molecule has 0 fully saturated rings. The van der Waals surface area contributed by atoms with Crippen LogP contribution >= 0.6 is 35.0 Å². The van der Waals surface area contributed by atoms with Crippen LogP contribution in [0.2, 0.25) is 10.0 Å². The lowest BCUT2D eigenvalue weighted by Crippen LogP contribution is -2.34. The molecule has 0 unspecified atom stereocenters. The van der Waals surface area contributed by atoms with Crippen LogP contribution in [0, 0.1) is 0 Å². The molecule has 0 radical (unpaired) electrons. The summed E-state index contributed by atoms with van der Waals surface area (Å²) >= 11 is 9.21. The van der Waals surface area contributed by atoms with Crippen molar-refractivity contribution in [3.8, 4) is 0 Å². The van der Waals surface area contributed by atoms with Gasteiger partial charge in [0.25, 0.3) is 0 Å². The monoisotopic (exact) mass is 414 g/mol. The molecule has 0 aliphatic carbocycles. The standard InChI is InChI=1S/C10H2Cl2F10S/c11-4-2-6(23-10(21,22)9(18,19)20)5(12)1-3(4)7(13,14)8(15,16)17/h1-2H. The molecule has 0 saturated carbocycles. The van der Waals surface area contributed by atoms with Gasteiger partial charge in [-0.3, -0.25) is 0 Å². The molecule has 0 aliphatic heterocycles. The predicted octanol–water partition coefficient (Wildman–Crippen LogP) is 6.89. The second-order valence-corrected chi connectivity index (χ2v) is 5.92. The molecule has 0 amide bonds. The van der Waals surface area contributed by atoms with Gasteiger partial charge in [0.05, 0.1) is 15.6 Å². The van der Waals surface area contributed by atoms with Crippen molar-refractivity contribution in [1.29, 1.82) is 0 Å². The summed E-state index contributed by atoms with van der Waals surface area (Å²) in [5.41, 5.74) is -1.86. The third kappa shape index (κ3) is 4.11. The minimum Gasteiger partial charge on any atom is -0.191 e. The lowest BCUT2D eigenvalue weighted by Gasteiger charge is -2.23. The zero-order valence-electron chi connectivity index (χ0n) is 10.1. The maximum absolute atomic E-state index is 13.2. The Morgan fingerprint density at radius 1 is 0.696 bits per heavy atom. The number of halogens is 12. The fourth-order valence-electron chi connectivity index (χ4n) is 1.20. The molecule has 1 aromatic rings. The van der Waals surface area contributed by atoms with E-state index in [1.807, 2.05) is 0 Å². The highest BCUT2D eigenvalue weighted by Gasteiger charge is 2.61. The van der Waals surface area contributed by atoms with Crippen molar-refractivity contribution in [2.75, 3.05) is 0 Å². The van der Waals surface area contributed by atoms with E-state index in [9.17, 15) is 43.9 Å². The molecule has 0 aliphatic rings. The van der Waals surface area contributed by atoms with Gasteiger partial charge in [-0.1, -0.05) is 23.2 Å². The Morgan fingerprint density at radius 3 is 1.57 bits per heavy atom. The molecular weight excluding hydrogens is 413 g/mol. The van der Waals surface area contributed by atoms with E-state index in [1.54, 1.807) is 0 Å². The van der Waals surface area contributed by atoms with Crippen LogP contribution in [0.4, 0.5) is 43.9 Å². The summed E-state index contributed by atoms with van der Waals surface area (Å²) in [5, 5.41) is -7.88. The van der Waals surface area contributed by atoms with Crippen molar-refractivity contribution in [3.63, 3.8) is 0 Å². The molecule has 1 rings (SSSR count). The molecule has 0 saturated heterocycles. The maximum Gasteiger partial charge on any atom is 0.464 e. The first kappa shape index (κ1) is 20.5. The van der Waals surface area contributed by atoms with E-state index in [-0.39, 0.29) is 12.1 Å². The zero-order valence-corrected chi connectivity index (χ0v) is 12.4. The predicted molar refractivity (Wildman–Crippen MR) is 63.3 cm³/mol. The van der Waals surface area contributed by atoms with Crippen molar-refractivity contribution in [2.45, 2.75) is 28.4 Å². The second kappa shape index (κ2) is 6.07. The lowest BCUT2D eigenvalue weighted by molar-refractivity contribution is -0.289. The van der Waals surface area contributed by atoms with Crippen LogP contribution < -0.4 is 0 Å². The molecule has 13 heteroatoms. The molecule has 0 aromatic heterocycles. The van der Waals surface area contributed by atoms with E-state index in [0.717, 1.165) is 0 Å². The number of alkyl halides is 10. The van der Waals surface area contributed by atoms with Gasteiger partial charge in [-0.15, -0.1) is 0 Å². The Bertz CT molecular complexity index is 593. The minimum absolute atomic E-state index is 0.0865. The molecule has 0 atom stereocenters. The van der Waals surface area contributed by atoms with Crippen LogP contribution in [0.15, 0.2) is 17.0 Å². The highest BCUT2D eigenvalue weighted by atomic mass is 35.5. The normalized spacial score (nSPS) is 14.3. The Kier molecular flexibility index (Phi) is 5.41.